The van der Waals surface area contributed by atoms with Crippen molar-refractivity contribution in [2.45, 2.75) is 50.7 Å². The minimum atomic E-state index is -0.870. The zero-order valence-electron chi connectivity index (χ0n) is 8.97. The Bertz CT molecular complexity index is 215. The molecule has 1 aliphatic carbocycles. The summed E-state index contributed by atoms with van der Waals surface area (Å²) in [7, 11) is 0. The maximum atomic E-state index is 11.7. The van der Waals surface area contributed by atoms with E-state index in [-0.39, 0.29) is 12.5 Å². The van der Waals surface area contributed by atoms with Crippen molar-refractivity contribution in [3.63, 3.8) is 0 Å². The minimum Gasteiger partial charge on any atom is -0.389 e. The third kappa shape index (κ3) is 2.96. The summed E-state index contributed by atoms with van der Waals surface area (Å²) in [4.78, 5) is 11.7. The van der Waals surface area contributed by atoms with Gasteiger partial charge in [-0.05, 0) is 26.7 Å². The lowest BCUT2D eigenvalue weighted by Crippen LogP contribution is -2.54. The largest absolute Gasteiger partial charge is 0.389 e. The van der Waals surface area contributed by atoms with Gasteiger partial charge in [0.2, 0.25) is 5.91 Å². The molecule has 0 spiro atoms. The van der Waals surface area contributed by atoms with E-state index in [9.17, 15) is 9.90 Å². The van der Waals surface area contributed by atoms with Crippen LogP contribution >= 0.6 is 0 Å². The third-order valence-corrected chi connectivity index (χ3v) is 2.63. The molecule has 0 atom stereocenters. The Morgan fingerprint density at radius 1 is 1.50 bits per heavy atom. The Balaban J connectivity index is 2.42. The molecule has 4 heteroatoms. The molecule has 1 aliphatic rings. The summed E-state index contributed by atoms with van der Waals surface area (Å²) in [6, 6.07) is 0. The van der Waals surface area contributed by atoms with E-state index in [1.165, 1.54) is 0 Å². The average molecular weight is 200 g/mol. The van der Waals surface area contributed by atoms with Gasteiger partial charge in [-0.15, -0.1) is 0 Å². The monoisotopic (exact) mass is 200 g/mol. The molecular weight excluding hydrogens is 180 g/mol. The van der Waals surface area contributed by atoms with Gasteiger partial charge in [0.05, 0.1) is 11.1 Å². The van der Waals surface area contributed by atoms with Crippen molar-refractivity contribution in [2.24, 2.45) is 5.73 Å². The van der Waals surface area contributed by atoms with Gasteiger partial charge in [0.1, 0.15) is 0 Å². The summed E-state index contributed by atoms with van der Waals surface area (Å²) in [5.74, 6) is -0.128. The SMILES string of the molecule is CC(C)(O)CNC(=O)C1(N)CCCC1. The van der Waals surface area contributed by atoms with Crippen LogP contribution < -0.4 is 11.1 Å². The van der Waals surface area contributed by atoms with Gasteiger partial charge in [0, 0.05) is 6.54 Å². The Labute approximate surface area is 84.9 Å². The molecular formula is C10H20N2O2. The molecule has 0 aromatic carbocycles. The smallest absolute Gasteiger partial charge is 0.240 e. The van der Waals surface area contributed by atoms with E-state index in [2.05, 4.69) is 5.32 Å². The number of carbonyl (C=O) groups is 1. The number of rotatable bonds is 3. The number of hydrogen-bond donors (Lipinski definition) is 3. The van der Waals surface area contributed by atoms with Crippen molar-refractivity contribution in [1.29, 1.82) is 0 Å². The molecule has 0 aliphatic heterocycles. The fourth-order valence-electron chi connectivity index (χ4n) is 1.71. The van der Waals surface area contributed by atoms with Gasteiger partial charge < -0.3 is 16.2 Å². The highest BCUT2D eigenvalue weighted by Gasteiger charge is 2.37. The minimum absolute atomic E-state index is 0.128. The molecule has 14 heavy (non-hydrogen) atoms. The van der Waals surface area contributed by atoms with Crippen molar-refractivity contribution in [1.82, 2.24) is 5.32 Å². The summed E-state index contributed by atoms with van der Waals surface area (Å²) in [5, 5.41) is 12.1. The molecule has 4 nitrogen and oxygen atoms in total. The predicted molar refractivity (Wildman–Crippen MR) is 54.7 cm³/mol. The van der Waals surface area contributed by atoms with Gasteiger partial charge in [-0.3, -0.25) is 4.79 Å². The van der Waals surface area contributed by atoms with E-state index < -0.39 is 11.1 Å². The van der Waals surface area contributed by atoms with Crippen LogP contribution in [0.1, 0.15) is 39.5 Å². The first kappa shape index (κ1) is 11.5. The third-order valence-electron chi connectivity index (χ3n) is 2.63. The van der Waals surface area contributed by atoms with Crippen LogP contribution in [-0.2, 0) is 4.79 Å². The zero-order valence-corrected chi connectivity index (χ0v) is 8.97. The number of carbonyl (C=O) groups excluding carboxylic acids is 1. The molecule has 1 rings (SSSR count). The second-order valence-corrected chi connectivity index (χ2v) is 4.86. The van der Waals surface area contributed by atoms with Crippen LogP contribution in [0.25, 0.3) is 0 Å². The average Bonchev–Trinajstić information content (AvgIpc) is 2.48. The summed E-state index contributed by atoms with van der Waals surface area (Å²) in [6.45, 7) is 3.57. The first-order valence-corrected chi connectivity index (χ1v) is 5.13. The lowest BCUT2D eigenvalue weighted by Gasteiger charge is -2.25. The topological polar surface area (TPSA) is 75.3 Å². The first-order valence-electron chi connectivity index (χ1n) is 5.13. The van der Waals surface area contributed by atoms with E-state index in [4.69, 9.17) is 5.73 Å². The van der Waals surface area contributed by atoms with E-state index in [0.717, 1.165) is 25.7 Å². The van der Waals surface area contributed by atoms with E-state index in [0.29, 0.717) is 0 Å². The van der Waals surface area contributed by atoms with Crippen molar-refractivity contribution >= 4 is 5.91 Å². The Morgan fingerprint density at radius 2 is 2.00 bits per heavy atom. The van der Waals surface area contributed by atoms with Gasteiger partial charge in [-0.1, -0.05) is 12.8 Å². The highest BCUT2D eigenvalue weighted by atomic mass is 16.3. The number of nitrogens with two attached hydrogens (primary N) is 1. The number of aliphatic hydroxyl groups is 1. The number of amides is 1. The van der Waals surface area contributed by atoms with Crippen molar-refractivity contribution in [2.75, 3.05) is 6.54 Å². The quantitative estimate of drug-likeness (QED) is 0.607. The fourth-order valence-corrected chi connectivity index (χ4v) is 1.71. The van der Waals surface area contributed by atoms with Crippen LogP contribution in [0.4, 0.5) is 0 Å². The van der Waals surface area contributed by atoms with Crippen LogP contribution in [0.15, 0.2) is 0 Å². The molecule has 0 saturated heterocycles. The Morgan fingerprint density at radius 3 is 2.43 bits per heavy atom. The van der Waals surface area contributed by atoms with Crippen molar-refractivity contribution in [3.8, 4) is 0 Å². The summed E-state index contributed by atoms with van der Waals surface area (Å²) >= 11 is 0. The summed E-state index contributed by atoms with van der Waals surface area (Å²) in [6.07, 6.45) is 3.55. The fraction of sp³-hybridized carbons (Fsp3) is 0.900. The van der Waals surface area contributed by atoms with Gasteiger partial charge >= 0.3 is 0 Å². The maximum Gasteiger partial charge on any atom is 0.240 e. The summed E-state index contributed by atoms with van der Waals surface area (Å²) < 4.78 is 0. The highest BCUT2D eigenvalue weighted by Crippen LogP contribution is 2.27. The summed E-state index contributed by atoms with van der Waals surface area (Å²) in [5.41, 5.74) is 4.38. The van der Waals surface area contributed by atoms with Crippen molar-refractivity contribution in [3.05, 3.63) is 0 Å². The normalized spacial score (nSPS) is 20.9. The molecule has 82 valence electrons. The number of nitrogens with one attached hydrogen (secondary N) is 1. The zero-order chi connectivity index (χ0) is 10.8. The molecule has 0 heterocycles. The molecule has 1 amide bonds. The standard InChI is InChI=1S/C10H20N2O2/c1-9(2,14)7-12-8(13)10(11)5-3-4-6-10/h14H,3-7,11H2,1-2H3,(H,12,13). The molecule has 1 saturated carbocycles. The maximum absolute atomic E-state index is 11.7. The second-order valence-electron chi connectivity index (χ2n) is 4.86. The molecule has 4 N–H and O–H groups in total. The second kappa shape index (κ2) is 3.87. The molecule has 1 fully saturated rings. The van der Waals surface area contributed by atoms with E-state index >= 15 is 0 Å². The molecule has 0 unspecified atom stereocenters. The lowest BCUT2D eigenvalue weighted by atomic mass is 9.97. The van der Waals surface area contributed by atoms with Gasteiger partial charge in [0.15, 0.2) is 0 Å². The van der Waals surface area contributed by atoms with Crippen molar-refractivity contribution < 1.29 is 9.90 Å². The Kier molecular flexibility index (Phi) is 3.17. The lowest BCUT2D eigenvalue weighted by molar-refractivity contribution is -0.127. The van der Waals surface area contributed by atoms with E-state index in [1.807, 2.05) is 0 Å². The van der Waals surface area contributed by atoms with Crippen LogP contribution in [0.2, 0.25) is 0 Å². The first-order chi connectivity index (χ1) is 6.33. The predicted octanol–water partition coefficient (Wildman–Crippen LogP) is 0.145. The highest BCUT2D eigenvalue weighted by molar-refractivity contribution is 5.86. The van der Waals surface area contributed by atoms with E-state index in [1.54, 1.807) is 13.8 Å². The molecule has 0 aromatic heterocycles. The van der Waals surface area contributed by atoms with Crippen LogP contribution in [-0.4, -0.2) is 28.7 Å². The number of hydrogen-bond acceptors (Lipinski definition) is 3. The molecule has 0 aromatic rings. The van der Waals surface area contributed by atoms with Crippen LogP contribution in [0.5, 0.6) is 0 Å². The van der Waals surface area contributed by atoms with Crippen LogP contribution in [0, 0.1) is 0 Å². The van der Waals surface area contributed by atoms with Crippen LogP contribution in [0.3, 0.4) is 0 Å². The van der Waals surface area contributed by atoms with Gasteiger partial charge in [0.25, 0.3) is 0 Å². The van der Waals surface area contributed by atoms with Gasteiger partial charge in [-0.2, -0.15) is 0 Å². The molecule has 0 radical (unpaired) electrons. The molecule has 0 bridgehead atoms. The Hall–Kier alpha value is -0.610. The van der Waals surface area contributed by atoms with Gasteiger partial charge in [-0.25, -0.2) is 0 Å².